The molecule has 0 amide bonds. The number of rotatable bonds is 2. The predicted molar refractivity (Wildman–Crippen MR) is 70.6 cm³/mol. The van der Waals surface area contributed by atoms with Gasteiger partial charge >= 0.3 is 0 Å². The fraction of sp³-hybridized carbons (Fsp3) is 0.250. The van der Waals surface area contributed by atoms with Crippen molar-refractivity contribution in [1.29, 1.82) is 0 Å². The molecule has 3 rings (SSSR count). The van der Waals surface area contributed by atoms with Gasteiger partial charge in [0, 0.05) is 18.4 Å². The Balaban J connectivity index is 1.85. The van der Waals surface area contributed by atoms with Crippen LogP contribution in [0.15, 0.2) is 54.6 Å². The van der Waals surface area contributed by atoms with Gasteiger partial charge in [0.25, 0.3) is 0 Å². The highest BCUT2D eigenvalue weighted by Crippen LogP contribution is 2.23. The molecule has 1 heterocycles. The van der Waals surface area contributed by atoms with Crippen LogP contribution < -0.4 is 5.32 Å². The first-order valence-electron chi connectivity index (χ1n) is 6.42. The van der Waals surface area contributed by atoms with E-state index in [2.05, 4.69) is 59.9 Å². The maximum atomic E-state index is 2.46. The summed E-state index contributed by atoms with van der Waals surface area (Å²) in [6.07, 6.45) is 2.68. The molecule has 2 aromatic carbocycles. The van der Waals surface area contributed by atoms with Crippen LogP contribution in [0.3, 0.4) is 0 Å². The number of quaternary nitrogens is 1. The van der Waals surface area contributed by atoms with E-state index in [1.54, 1.807) is 0 Å². The number of benzene rings is 2. The Kier molecular flexibility index (Phi) is 2.93. The topological polar surface area (TPSA) is 16.6 Å². The van der Waals surface area contributed by atoms with Crippen LogP contribution in [0.5, 0.6) is 0 Å². The summed E-state index contributed by atoms with van der Waals surface area (Å²) in [4.78, 5) is 0. The van der Waals surface area contributed by atoms with Crippen molar-refractivity contribution >= 4 is 0 Å². The Bertz CT molecular complexity index is 467. The van der Waals surface area contributed by atoms with Crippen molar-refractivity contribution in [3.05, 3.63) is 60.2 Å². The largest absolute Gasteiger partial charge is 0.340 e. The van der Waals surface area contributed by atoms with Crippen molar-refractivity contribution in [3.8, 4) is 11.1 Å². The zero-order valence-electron chi connectivity index (χ0n) is 9.97. The lowest BCUT2D eigenvalue weighted by atomic mass is 10.0. The molecule has 1 saturated heterocycles. The molecule has 2 N–H and O–H groups in total. The molecule has 0 aromatic heterocycles. The average Bonchev–Trinajstić information content (AvgIpc) is 2.94. The fourth-order valence-corrected chi connectivity index (χ4v) is 2.63. The maximum Gasteiger partial charge on any atom is 0.112 e. The summed E-state index contributed by atoms with van der Waals surface area (Å²) in [7, 11) is 0. The Hall–Kier alpha value is -1.60. The molecule has 1 nitrogen and oxygen atoms in total. The molecule has 1 aliphatic rings. The van der Waals surface area contributed by atoms with Gasteiger partial charge in [-0.2, -0.15) is 0 Å². The van der Waals surface area contributed by atoms with Gasteiger partial charge in [-0.15, -0.1) is 0 Å². The summed E-state index contributed by atoms with van der Waals surface area (Å²) in [5.74, 6) is 0. The minimum absolute atomic E-state index is 0.694. The first kappa shape index (κ1) is 10.5. The minimum Gasteiger partial charge on any atom is -0.340 e. The monoisotopic (exact) mass is 224 g/mol. The number of hydrogen-bond acceptors (Lipinski definition) is 0. The van der Waals surface area contributed by atoms with Crippen molar-refractivity contribution in [3.63, 3.8) is 0 Å². The number of hydrogen-bond donors (Lipinski definition) is 1. The van der Waals surface area contributed by atoms with Crippen LogP contribution in [0.2, 0.25) is 0 Å². The second-order valence-corrected chi connectivity index (χ2v) is 4.76. The van der Waals surface area contributed by atoms with Crippen LogP contribution in [0.1, 0.15) is 24.4 Å². The van der Waals surface area contributed by atoms with Gasteiger partial charge in [0.15, 0.2) is 0 Å². The van der Waals surface area contributed by atoms with Gasteiger partial charge in [0.1, 0.15) is 6.04 Å². The summed E-state index contributed by atoms with van der Waals surface area (Å²) in [6, 6.07) is 20.3. The molecule has 1 aliphatic heterocycles. The Morgan fingerprint density at radius 2 is 1.53 bits per heavy atom. The van der Waals surface area contributed by atoms with E-state index in [0.717, 1.165) is 0 Å². The molecule has 2 aromatic rings. The smallest absolute Gasteiger partial charge is 0.112 e. The molecule has 0 aliphatic carbocycles. The third kappa shape index (κ3) is 2.25. The van der Waals surface area contributed by atoms with Crippen molar-refractivity contribution in [2.24, 2.45) is 0 Å². The Morgan fingerprint density at radius 1 is 0.824 bits per heavy atom. The highest BCUT2D eigenvalue weighted by atomic mass is 14.9. The van der Waals surface area contributed by atoms with Crippen LogP contribution in [0, 0.1) is 0 Å². The zero-order chi connectivity index (χ0) is 11.5. The van der Waals surface area contributed by atoms with E-state index in [0.29, 0.717) is 6.04 Å². The first-order valence-corrected chi connectivity index (χ1v) is 6.42. The minimum atomic E-state index is 0.694. The Morgan fingerprint density at radius 3 is 2.18 bits per heavy atom. The normalized spacial score (nSPS) is 19.4. The first-order chi connectivity index (χ1) is 8.43. The molecule has 17 heavy (non-hydrogen) atoms. The van der Waals surface area contributed by atoms with Gasteiger partial charge in [0.2, 0.25) is 0 Å². The van der Waals surface area contributed by atoms with Crippen molar-refractivity contribution < 1.29 is 5.32 Å². The van der Waals surface area contributed by atoms with E-state index in [1.807, 2.05) is 0 Å². The van der Waals surface area contributed by atoms with Crippen LogP contribution in [-0.4, -0.2) is 6.54 Å². The molecule has 0 unspecified atom stereocenters. The lowest BCUT2D eigenvalue weighted by Gasteiger charge is -2.08. The standard InChI is InChI=1S/C16H17N/c1-2-5-13(6-3-1)14-8-10-15(11-9-14)16-7-4-12-17-16/h1-3,5-6,8-11,16-17H,4,7,12H2/p+1/t16-/m0/s1. The maximum absolute atomic E-state index is 2.46. The zero-order valence-corrected chi connectivity index (χ0v) is 9.97. The van der Waals surface area contributed by atoms with Crippen LogP contribution >= 0.6 is 0 Å². The quantitative estimate of drug-likeness (QED) is 0.808. The molecule has 1 fully saturated rings. The van der Waals surface area contributed by atoms with Gasteiger partial charge in [0.05, 0.1) is 6.54 Å². The van der Waals surface area contributed by atoms with Crippen LogP contribution in [-0.2, 0) is 0 Å². The molecule has 0 radical (unpaired) electrons. The second kappa shape index (κ2) is 4.72. The van der Waals surface area contributed by atoms with Gasteiger partial charge in [-0.3, -0.25) is 0 Å². The lowest BCUT2D eigenvalue weighted by molar-refractivity contribution is -0.676. The van der Waals surface area contributed by atoms with E-state index in [4.69, 9.17) is 0 Å². The van der Waals surface area contributed by atoms with Gasteiger partial charge in [-0.25, -0.2) is 0 Å². The Labute approximate surface area is 102 Å². The van der Waals surface area contributed by atoms with Crippen molar-refractivity contribution in [2.75, 3.05) is 6.54 Å². The van der Waals surface area contributed by atoms with Crippen LogP contribution in [0.25, 0.3) is 11.1 Å². The molecule has 1 atom stereocenters. The molecule has 1 heteroatoms. The second-order valence-electron chi connectivity index (χ2n) is 4.76. The van der Waals surface area contributed by atoms with Gasteiger partial charge in [-0.05, 0) is 11.1 Å². The van der Waals surface area contributed by atoms with E-state index in [-0.39, 0.29) is 0 Å². The molecule has 0 saturated carbocycles. The fourth-order valence-electron chi connectivity index (χ4n) is 2.63. The van der Waals surface area contributed by atoms with E-state index in [1.165, 1.54) is 36.1 Å². The SMILES string of the molecule is c1ccc(-c2ccc([C@@H]3CCC[NH2+]3)cc2)cc1. The predicted octanol–water partition coefficient (Wildman–Crippen LogP) is 2.75. The molecular weight excluding hydrogens is 206 g/mol. The van der Waals surface area contributed by atoms with E-state index >= 15 is 0 Å². The van der Waals surface area contributed by atoms with E-state index < -0.39 is 0 Å². The lowest BCUT2D eigenvalue weighted by Crippen LogP contribution is -2.81. The summed E-state index contributed by atoms with van der Waals surface area (Å²) < 4.78 is 0. The van der Waals surface area contributed by atoms with Crippen molar-refractivity contribution in [2.45, 2.75) is 18.9 Å². The van der Waals surface area contributed by atoms with Crippen LogP contribution in [0.4, 0.5) is 0 Å². The average molecular weight is 224 g/mol. The molecule has 86 valence electrons. The summed E-state index contributed by atoms with van der Waals surface area (Å²) in [5, 5.41) is 2.46. The van der Waals surface area contributed by atoms with Gasteiger partial charge < -0.3 is 5.32 Å². The van der Waals surface area contributed by atoms with Crippen molar-refractivity contribution in [1.82, 2.24) is 0 Å². The molecule has 0 bridgehead atoms. The summed E-state index contributed by atoms with van der Waals surface area (Å²) in [5.41, 5.74) is 4.09. The van der Waals surface area contributed by atoms with Gasteiger partial charge in [-0.1, -0.05) is 54.6 Å². The number of nitrogens with two attached hydrogens (primary N) is 1. The third-order valence-corrected chi connectivity index (χ3v) is 3.62. The van der Waals surface area contributed by atoms with E-state index in [9.17, 15) is 0 Å². The highest BCUT2D eigenvalue weighted by molar-refractivity contribution is 5.63. The third-order valence-electron chi connectivity index (χ3n) is 3.62. The summed E-state index contributed by atoms with van der Waals surface area (Å²) in [6.45, 7) is 1.28. The summed E-state index contributed by atoms with van der Waals surface area (Å²) >= 11 is 0. The molecule has 0 spiro atoms. The highest BCUT2D eigenvalue weighted by Gasteiger charge is 2.19. The molecular formula is C16H18N+.